The highest BCUT2D eigenvalue weighted by Crippen LogP contribution is 2.58. The summed E-state index contributed by atoms with van der Waals surface area (Å²) in [6, 6.07) is 53.8. The quantitative estimate of drug-likeness (QED) is 0.175. The van der Waals surface area contributed by atoms with E-state index in [0.717, 1.165) is 6.16 Å². The van der Waals surface area contributed by atoms with Crippen molar-refractivity contribution in [3.8, 4) is 11.5 Å². The molecule has 2 N–H and O–H groups in total. The lowest BCUT2D eigenvalue weighted by molar-refractivity contribution is -0.141. The van der Waals surface area contributed by atoms with Gasteiger partial charge in [-0.1, -0.05) is 109 Å². The molecule has 0 aromatic heterocycles. The zero-order valence-electron chi connectivity index (χ0n) is 24.4. The van der Waals surface area contributed by atoms with Crippen molar-refractivity contribution in [3.63, 3.8) is 0 Å². The predicted octanol–water partition coefficient (Wildman–Crippen LogP) is 8.97. The number of alkyl halides is 3. The Morgan fingerprint density at radius 2 is 0.756 bits per heavy atom. The number of phenols is 2. The predicted molar refractivity (Wildman–Crippen MR) is 179 cm³/mol. The normalized spacial score (nSPS) is 11.5. The first kappa shape index (κ1) is 31.6. The average Bonchev–Trinajstić information content (AvgIpc) is 3.07. The van der Waals surface area contributed by atoms with E-state index in [-0.39, 0.29) is 22.6 Å². The van der Waals surface area contributed by atoms with Crippen molar-refractivity contribution in [3.05, 3.63) is 187 Å². The maximum absolute atomic E-state index is 13.2. The lowest BCUT2D eigenvalue weighted by atomic mass is 9.90. The summed E-state index contributed by atoms with van der Waals surface area (Å²) >= 11 is 0. The molecule has 226 valence electrons. The Bertz CT molecular complexity index is 1600. The van der Waals surface area contributed by atoms with E-state index in [1.165, 1.54) is 70.0 Å². The Morgan fingerprint density at radius 3 is 1.07 bits per heavy atom. The molecule has 0 spiro atoms. The van der Waals surface area contributed by atoms with Crippen molar-refractivity contribution in [2.75, 3.05) is 0 Å². The van der Waals surface area contributed by atoms with Crippen LogP contribution in [0.5, 0.6) is 11.5 Å². The van der Waals surface area contributed by atoms with Gasteiger partial charge in [-0.15, -0.1) is 0 Å². The second-order valence-corrected chi connectivity index (χ2v) is 14.1. The van der Waals surface area contributed by atoms with Crippen LogP contribution in [0.15, 0.2) is 170 Å². The lowest BCUT2D eigenvalue weighted by Crippen LogP contribution is -2.32. The number of phenolic OH excluding ortho intramolecular Hbond substituents is 2. The number of halogens is 3. The van der Waals surface area contributed by atoms with Crippen LogP contribution in [-0.4, -0.2) is 16.4 Å². The van der Waals surface area contributed by atoms with E-state index >= 15 is 0 Å². The number of rotatable bonds is 7. The van der Waals surface area contributed by atoms with Crippen LogP contribution in [0.3, 0.4) is 0 Å². The van der Waals surface area contributed by atoms with E-state index in [4.69, 9.17) is 10.2 Å². The molecule has 0 radical (unpaired) electrons. The third-order valence-electron chi connectivity index (χ3n) is 7.63. The average molecular weight is 622 g/mol. The molecular formula is C39H33F3O2P+. The molecule has 0 fully saturated rings. The van der Waals surface area contributed by atoms with E-state index in [1.807, 2.05) is 0 Å². The smallest absolute Gasteiger partial charge is 0.399 e. The summed E-state index contributed by atoms with van der Waals surface area (Å²) in [5.41, 5.74) is 1.46. The van der Waals surface area contributed by atoms with E-state index in [2.05, 4.69) is 121 Å². The van der Waals surface area contributed by atoms with Gasteiger partial charge in [0.25, 0.3) is 0 Å². The van der Waals surface area contributed by atoms with Crippen LogP contribution >= 0.6 is 7.26 Å². The van der Waals surface area contributed by atoms with Gasteiger partial charge in [-0.05, 0) is 77.4 Å². The van der Waals surface area contributed by atoms with Crippen LogP contribution in [0.1, 0.15) is 22.6 Å². The molecule has 0 atom stereocenters. The first-order valence-electron chi connectivity index (χ1n) is 14.5. The second-order valence-electron chi connectivity index (χ2n) is 10.6. The molecule has 0 saturated heterocycles. The molecule has 0 heterocycles. The largest absolute Gasteiger partial charge is 0.508 e. The zero-order chi connectivity index (χ0) is 31.7. The second kappa shape index (κ2) is 14.3. The van der Waals surface area contributed by atoms with Gasteiger partial charge in [0, 0.05) is 0 Å². The van der Waals surface area contributed by atoms with Crippen molar-refractivity contribution in [2.24, 2.45) is 0 Å². The standard InChI is InChI=1S/C25H22P.C14H11F3O2/c1-5-13-22(14-6-1)21-26(23-15-7-2-8-16-23,24-17-9-3-10-18-24)25-19-11-4-12-20-25;15-14(16,17)13(9-1-5-11(18)6-2-9)10-3-7-12(19)8-4-10/h1-20H,21H2;1-8,13,18-19H/q+1;. The van der Waals surface area contributed by atoms with Gasteiger partial charge in [0.2, 0.25) is 0 Å². The summed E-state index contributed by atoms with van der Waals surface area (Å²) in [4.78, 5) is 0. The van der Waals surface area contributed by atoms with E-state index in [0.29, 0.717) is 0 Å². The van der Waals surface area contributed by atoms with Gasteiger partial charge >= 0.3 is 6.18 Å². The number of aromatic hydroxyl groups is 2. The highest BCUT2D eigenvalue weighted by molar-refractivity contribution is 7.95. The minimum absolute atomic E-state index is 0.0380. The van der Waals surface area contributed by atoms with E-state index < -0.39 is 19.4 Å². The molecule has 6 heteroatoms. The Kier molecular flexibility index (Phi) is 10.0. The number of hydrogen-bond acceptors (Lipinski definition) is 2. The Hall–Kier alpha value is -4.86. The van der Waals surface area contributed by atoms with Crippen LogP contribution < -0.4 is 15.9 Å². The molecule has 6 aromatic carbocycles. The Balaban J connectivity index is 0.000000187. The van der Waals surface area contributed by atoms with Crippen molar-refractivity contribution in [1.82, 2.24) is 0 Å². The Labute approximate surface area is 262 Å². The van der Waals surface area contributed by atoms with Crippen LogP contribution in [0.2, 0.25) is 0 Å². The van der Waals surface area contributed by atoms with E-state index in [9.17, 15) is 13.2 Å². The molecule has 0 aliphatic rings. The molecule has 6 rings (SSSR count). The molecule has 0 amide bonds. The first-order valence-corrected chi connectivity index (χ1v) is 16.5. The summed E-state index contributed by atoms with van der Waals surface area (Å²) in [7, 11) is -1.78. The fraction of sp³-hybridized carbons (Fsp3) is 0.0769. The van der Waals surface area contributed by atoms with Gasteiger partial charge in [0.1, 0.15) is 40.6 Å². The maximum Gasteiger partial charge on any atom is 0.399 e. The molecule has 0 aliphatic heterocycles. The summed E-state index contributed by atoms with van der Waals surface area (Å²) in [6.45, 7) is 0. The zero-order valence-corrected chi connectivity index (χ0v) is 25.3. The van der Waals surface area contributed by atoms with Crippen LogP contribution in [0.4, 0.5) is 13.2 Å². The molecule has 0 aliphatic carbocycles. The number of benzene rings is 6. The molecule has 0 unspecified atom stereocenters. The van der Waals surface area contributed by atoms with Crippen LogP contribution in [-0.2, 0) is 6.16 Å². The molecule has 0 saturated carbocycles. The lowest BCUT2D eigenvalue weighted by Gasteiger charge is -2.27. The van der Waals surface area contributed by atoms with Crippen molar-refractivity contribution in [2.45, 2.75) is 18.3 Å². The van der Waals surface area contributed by atoms with Crippen molar-refractivity contribution >= 4 is 23.2 Å². The Morgan fingerprint density at radius 1 is 0.444 bits per heavy atom. The third-order valence-corrected chi connectivity index (χ3v) is 12.0. The van der Waals surface area contributed by atoms with Crippen LogP contribution in [0, 0.1) is 0 Å². The third kappa shape index (κ3) is 7.63. The fourth-order valence-corrected chi connectivity index (χ4v) is 9.77. The van der Waals surface area contributed by atoms with Gasteiger partial charge in [-0.3, -0.25) is 0 Å². The molecule has 0 bridgehead atoms. The van der Waals surface area contributed by atoms with Gasteiger partial charge in [-0.25, -0.2) is 0 Å². The summed E-state index contributed by atoms with van der Waals surface area (Å²) < 4.78 is 39.5. The number of hydrogen-bond donors (Lipinski definition) is 2. The minimum atomic E-state index is -4.45. The minimum Gasteiger partial charge on any atom is -0.508 e. The molecule has 2 nitrogen and oxygen atoms in total. The van der Waals surface area contributed by atoms with Crippen molar-refractivity contribution in [1.29, 1.82) is 0 Å². The molecule has 45 heavy (non-hydrogen) atoms. The van der Waals surface area contributed by atoms with E-state index in [1.54, 1.807) is 0 Å². The SMILES string of the molecule is Oc1ccc(C(c2ccc(O)cc2)C(F)(F)F)cc1.c1ccc(C[P+](c2ccccc2)(c2ccccc2)c2ccccc2)cc1. The van der Waals surface area contributed by atoms with Gasteiger partial charge in [0.15, 0.2) is 0 Å². The summed E-state index contributed by atoms with van der Waals surface area (Å²) in [5.74, 6) is -1.96. The van der Waals surface area contributed by atoms with Gasteiger partial charge in [0.05, 0.1) is 6.16 Å². The van der Waals surface area contributed by atoms with Crippen molar-refractivity contribution < 1.29 is 23.4 Å². The van der Waals surface area contributed by atoms with Crippen LogP contribution in [0.25, 0.3) is 0 Å². The highest BCUT2D eigenvalue weighted by atomic mass is 31.2. The van der Waals surface area contributed by atoms with Gasteiger partial charge in [-0.2, -0.15) is 13.2 Å². The molecular weight excluding hydrogens is 588 g/mol. The molecule has 6 aromatic rings. The highest BCUT2D eigenvalue weighted by Gasteiger charge is 2.45. The summed E-state index contributed by atoms with van der Waals surface area (Å²) in [6.07, 6.45) is -3.42. The monoisotopic (exact) mass is 621 g/mol. The van der Waals surface area contributed by atoms with Gasteiger partial charge < -0.3 is 10.2 Å². The summed E-state index contributed by atoms with van der Waals surface area (Å²) in [5, 5.41) is 22.6. The fourth-order valence-electron chi connectivity index (χ4n) is 5.53. The topological polar surface area (TPSA) is 40.5 Å². The first-order chi connectivity index (χ1) is 21.8. The maximum atomic E-state index is 13.2.